The van der Waals surface area contributed by atoms with Crippen LogP contribution in [0.4, 0.5) is 0 Å². The van der Waals surface area contributed by atoms with E-state index in [0.29, 0.717) is 41.4 Å². The maximum atomic E-state index is 13.4. The number of nitrogens with one attached hydrogen (secondary N) is 1. The first-order valence-electron chi connectivity index (χ1n) is 11.7. The quantitative estimate of drug-likeness (QED) is 0.349. The van der Waals surface area contributed by atoms with Gasteiger partial charge in [0.25, 0.3) is 5.91 Å². The van der Waals surface area contributed by atoms with Crippen LogP contribution in [-0.4, -0.2) is 46.0 Å². The van der Waals surface area contributed by atoms with E-state index in [-0.39, 0.29) is 5.91 Å². The van der Waals surface area contributed by atoms with E-state index < -0.39 is 0 Å². The van der Waals surface area contributed by atoms with Gasteiger partial charge in [0.2, 0.25) is 0 Å². The number of methoxy groups -OCH3 is 2. The van der Waals surface area contributed by atoms with Crippen molar-refractivity contribution in [3.05, 3.63) is 90.4 Å². The molecule has 2 aromatic heterocycles. The highest BCUT2D eigenvalue weighted by molar-refractivity contribution is 6.00. The van der Waals surface area contributed by atoms with Gasteiger partial charge in [-0.25, -0.2) is 9.67 Å². The molecule has 0 fully saturated rings. The molecule has 0 saturated heterocycles. The lowest BCUT2D eigenvalue weighted by molar-refractivity contribution is 0.0953. The number of aryl methyl sites for hydroxylation is 1. The number of benzene rings is 3. The summed E-state index contributed by atoms with van der Waals surface area (Å²) in [6.07, 6.45) is 1.75. The number of hydrogen-bond donors (Lipinski definition) is 1. The number of rotatable bonds is 8. The number of carbonyl (C=O) groups excluding carboxylic acids is 1. The number of imidazole rings is 1. The largest absolute Gasteiger partial charge is 0.497 e. The molecule has 2 heterocycles. The van der Waals surface area contributed by atoms with Gasteiger partial charge < -0.3 is 19.4 Å². The Labute approximate surface area is 209 Å². The van der Waals surface area contributed by atoms with Gasteiger partial charge in [-0.15, -0.1) is 0 Å². The van der Waals surface area contributed by atoms with Crippen LogP contribution in [0.2, 0.25) is 0 Å². The Morgan fingerprint density at radius 1 is 0.972 bits per heavy atom. The topological polar surface area (TPSA) is 83.2 Å². The molecular weight excluding hydrogens is 454 g/mol. The predicted octanol–water partition coefficient (Wildman–Crippen LogP) is 4.64. The van der Waals surface area contributed by atoms with Crippen molar-refractivity contribution in [1.29, 1.82) is 0 Å². The molecule has 0 aliphatic heterocycles. The highest BCUT2D eigenvalue weighted by Crippen LogP contribution is 2.34. The monoisotopic (exact) mass is 481 g/mol. The lowest BCUT2D eigenvalue weighted by Gasteiger charge is -2.11. The van der Waals surface area contributed by atoms with Crippen LogP contribution in [0.1, 0.15) is 16.2 Å². The standard InChI is InChI=1S/C28H27N5O3/c1-19-30-24-11-7-8-12-25(24)32(19)16-15-29-28(34)23-18-33(20-9-5-4-6-10-20)31-27(23)22-14-13-21(35-2)17-26(22)36-3/h4-14,17-18H,15-16H2,1-3H3,(H,29,34). The first-order valence-corrected chi connectivity index (χ1v) is 11.7. The molecule has 5 aromatic rings. The van der Waals surface area contributed by atoms with Gasteiger partial charge in [0, 0.05) is 30.9 Å². The fourth-order valence-corrected chi connectivity index (χ4v) is 4.30. The summed E-state index contributed by atoms with van der Waals surface area (Å²) < 4.78 is 14.8. The third-order valence-corrected chi connectivity index (χ3v) is 6.11. The minimum absolute atomic E-state index is 0.216. The summed E-state index contributed by atoms with van der Waals surface area (Å²) in [5.74, 6) is 1.92. The van der Waals surface area contributed by atoms with Crippen molar-refractivity contribution in [3.8, 4) is 28.4 Å². The van der Waals surface area contributed by atoms with Crippen molar-refractivity contribution in [2.75, 3.05) is 20.8 Å². The van der Waals surface area contributed by atoms with Crippen LogP contribution in [0.25, 0.3) is 28.0 Å². The molecule has 8 nitrogen and oxygen atoms in total. The van der Waals surface area contributed by atoms with Gasteiger partial charge in [0.15, 0.2) is 0 Å². The second kappa shape index (κ2) is 9.95. The maximum absolute atomic E-state index is 13.4. The van der Waals surface area contributed by atoms with Crippen LogP contribution in [0.15, 0.2) is 79.0 Å². The number of nitrogens with zero attached hydrogens (tertiary/aromatic N) is 4. The van der Waals surface area contributed by atoms with E-state index in [1.807, 2.05) is 73.7 Å². The molecule has 0 atom stereocenters. The molecule has 36 heavy (non-hydrogen) atoms. The smallest absolute Gasteiger partial charge is 0.255 e. The zero-order valence-electron chi connectivity index (χ0n) is 20.4. The number of fused-ring (bicyclic) bond motifs is 1. The zero-order valence-corrected chi connectivity index (χ0v) is 20.4. The van der Waals surface area contributed by atoms with E-state index in [9.17, 15) is 4.79 Å². The van der Waals surface area contributed by atoms with Crippen LogP contribution in [0, 0.1) is 6.92 Å². The molecule has 0 aliphatic rings. The first kappa shape index (κ1) is 23.2. The van der Waals surface area contributed by atoms with Crippen LogP contribution in [0.3, 0.4) is 0 Å². The SMILES string of the molecule is COc1ccc(-c2nn(-c3ccccc3)cc2C(=O)NCCn2c(C)nc3ccccc32)c(OC)c1. The van der Waals surface area contributed by atoms with Gasteiger partial charge >= 0.3 is 0 Å². The average Bonchev–Trinajstić information content (AvgIpc) is 3.50. The molecule has 0 unspecified atom stereocenters. The number of hydrogen-bond acceptors (Lipinski definition) is 5. The van der Waals surface area contributed by atoms with Gasteiger partial charge in [-0.05, 0) is 43.3 Å². The van der Waals surface area contributed by atoms with Crippen LogP contribution in [-0.2, 0) is 6.54 Å². The number of aromatic nitrogens is 4. The summed E-state index contributed by atoms with van der Waals surface area (Å²) in [5.41, 5.74) is 4.53. The second-order valence-electron chi connectivity index (χ2n) is 8.29. The van der Waals surface area contributed by atoms with Crippen LogP contribution < -0.4 is 14.8 Å². The van der Waals surface area contributed by atoms with E-state index in [0.717, 1.165) is 22.5 Å². The van der Waals surface area contributed by atoms with Crippen LogP contribution >= 0.6 is 0 Å². The Morgan fingerprint density at radius 3 is 2.53 bits per heavy atom. The van der Waals surface area contributed by atoms with Crippen molar-refractivity contribution in [3.63, 3.8) is 0 Å². The summed E-state index contributed by atoms with van der Waals surface area (Å²) in [4.78, 5) is 18.0. The summed E-state index contributed by atoms with van der Waals surface area (Å²) >= 11 is 0. The maximum Gasteiger partial charge on any atom is 0.255 e. The van der Waals surface area contributed by atoms with Crippen molar-refractivity contribution < 1.29 is 14.3 Å². The normalized spacial score (nSPS) is 11.0. The molecule has 5 rings (SSSR count). The van der Waals surface area contributed by atoms with Crippen molar-refractivity contribution >= 4 is 16.9 Å². The summed E-state index contributed by atoms with van der Waals surface area (Å²) in [5, 5.41) is 7.83. The van der Waals surface area contributed by atoms with Gasteiger partial charge in [-0.1, -0.05) is 30.3 Å². The molecule has 182 valence electrons. The van der Waals surface area contributed by atoms with Gasteiger partial charge in [-0.3, -0.25) is 4.79 Å². The number of amides is 1. The molecule has 8 heteroatoms. The minimum Gasteiger partial charge on any atom is -0.497 e. The van der Waals surface area contributed by atoms with E-state index >= 15 is 0 Å². The molecule has 0 radical (unpaired) electrons. The summed E-state index contributed by atoms with van der Waals surface area (Å²) in [6.45, 7) is 3.02. The van der Waals surface area contributed by atoms with E-state index in [1.165, 1.54) is 0 Å². The minimum atomic E-state index is -0.216. The Hall–Kier alpha value is -4.59. The van der Waals surface area contributed by atoms with E-state index in [4.69, 9.17) is 14.6 Å². The number of carbonyl (C=O) groups is 1. The van der Waals surface area contributed by atoms with Crippen molar-refractivity contribution in [1.82, 2.24) is 24.6 Å². The second-order valence-corrected chi connectivity index (χ2v) is 8.29. The molecule has 0 bridgehead atoms. The fourth-order valence-electron chi connectivity index (χ4n) is 4.30. The van der Waals surface area contributed by atoms with E-state index in [2.05, 4.69) is 14.9 Å². The first-order chi connectivity index (χ1) is 17.6. The van der Waals surface area contributed by atoms with Gasteiger partial charge in [-0.2, -0.15) is 5.10 Å². The Balaban J connectivity index is 1.46. The summed E-state index contributed by atoms with van der Waals surface area (Å²) in [7, 11) is 3.19. The average molecular weight is 482 g/mol. The highest BCUT2D eigenvalue weighted by Gasteiger charge is 2.22. The highest BCUT2D eigenvalue weighted by atomic mass is 16.5. The molecule has 1 amide bonds. The molecule has 3 aromatic carbocycles. The predicted molar refractivity (Wildman–Crippen MR) is 139 cm³/mol. The zero-order chi connectivity index (χ0) is 25.1. The number of para-hydroxylation sites is 3. The van der Waals surface area contributed by atoms with Crippen molar-refractivity contribution in [2.45, 2.75) is 13.5 Å². The molecule has 1 N–H and O–H groups in total. The Morgan fingerprint density at radius 2 is 1.75 bits per heavy atom. The van der Waals surface area contributed by atoms with Gasteiger partial charge in [0.1, 0.15) is 23.0 Å². The molecule has 0 spiro atoms. The number of ether oxygens (including phenoxy) is 2. The molecule has 0 saturated carbocycles. The lowest BCUT2D eigenvalue weighted by atomic mass is 10.1. The van der Waals surface area contributed by atoms with Gasteiger partial charge in [0.05, 0.1) is 36.5 Å². The molecular formula is C28H27N5O3. The Kier molecular flexibility index (Phi) is 6.40. The van der Waals surface area contributed by atoms with Crippen molar-refractivity contribution in [2.24, 2.45) is 0 Å². The van der Waals surface area contributed by atoms with Crippen LogP contribution in [0.5, 0.6) is 11.5 Å². The lowest BCUT2D eigenvalue weighted by Crippen LogP contribution is -2.27. The summed E-state index contributed by atoms with van der Waals surface area (Å²) in [6, 6.07) is 23.1. The van der Waals surface area contributed by atoms with E-state index in [1.54, 1.807) is 31.2 Å². The molecule has 0 aliphatic carbocycles. The fraction of sp³-hybridized carbons (Fsp3) is 0.179. The third kappa shape index (κ3) is 4.40. The Bertz CT molecular complexity index is 1520. The third-order valence-electron chi connectivity index (χ3n) is 6.11.